The molecular weight excluding hydrogens is 206 g/mol. The molecule has 0 amide bonds. The van der Waals surface area contributed by atoms with Gasteiger partial charge in [0.05, 0.1) is 12.5 Å². The molecule has 88 valence electrons. The zero-order valence-corrected chi connectivity index (χ0v) is 9.56. The Bertz CT molecular complexity index is 333. The third kappa shape index (κ3) is 4.68. The maximum absolute atomic E-state index is 10.3. The molecule has 4 heteroatoms. The highest BCUT2D eigenvalue weighted by Gasteiger charge is 1.99. The number of anilines is 1. The molecular formula is C12H17NO3. The van der Waals surface area contributed by atoms with Gasteiger partial charge in [0.15, 0.2) is 0 Å². The van der Waals surface area contributed by atoms with Crippen molar-refractivity contribution in [3.8, 4) is 5.75 Å². The van der Waals surface area contributed by atoms with Gasteiger partial charge in [-0.1, -0.05) is 0 Å². The van der Waals surface area contributed by atoms with Crippen molar-refractivity contribution in [3.05, 3.63) is 24.3 Å². The molecule has 1 aromatic rings. The second kappa shape index (κ2) is 6.00. The van der Waals surface area contributed by atoms with E-state index in [1.165, 1.54) is 0 Å². The first kappa shape index (κ1) is 12.4. The normalized spacial score (nSPS) is 10.2. The number of benzene rings is 1. The van der Waals surface area contributed by atoms with Crippen molar-refractivity contribution >= 4 is 11.7 Å². The molecule has 0 aromatic heterocycles. The second-order valence-electron chi connectivity index (χ2n) is 3.76. The Balaban J connectivity index is 2.42. The van der Waals surface area contributed by atoms with Crippen molar-refractivity contribution < 1.29 is 14.6 Å². The molecule has 1 aromatic carbocycles. The van der Waals surface area contributed by atoms with Crippen LogP contribution in [0.4, 0.5) is 5.69 Å². The van der Waals surface area contributed by atoms with Gasteiger partial charge in [0.2, 0.25) is 0 Å². The highest BCUT2D eigenvalue weighted by molar-refractivity contribution is 5.67. The summed E-state index contributed by atoms with van der Waals surface area (Å²) in [6.07, 6.45) is 0.273. The van der Waals surface area contributed by atoms with Crippen molar-refractivity contribution in [3.63, 3.8) is 0 Å². The number of carboxylic acids is 1. The van der Waals surface area contributed by atoms with Crippen molar-refractivity contribution in [1.82, 2.24) is 0 Å². The summed E-state index contributed by atoms with van der Waals surface area (Å²) in [7, 11) is 0. The lowest BCUT2D eigenvalue weighted by molar-refractivity contribution is -0.136. The Kier molecular flexibility index (Phi) is 4.64. The highest BCUT2D eigenvalue weighted by Crippen LogP contribution is 2.16. The summed E-state index contributed by atoms with van der Waals surface area (Å²) >= 11 is 0. The van der Waals surface area contributed by atoms with Crippen LogP contribution in [0.25, 0.3) is 0 Å². The molecule has 0 bridgehead atoms. The summed E-state index contributed by atoms with van der Waals surface area (Å²) in [5, 5.41) is 11.5. The van der Waals surface area contributed by atoms with Crippen molar-refractivity contribution in [2.45, 2.75) is 26.4 Å². The molecule has 0 fully saturated rings. The molecule has 0 radical (unpaired) electrons. The Hall–Kier alpha value is -1.71. The van der Waals surface area contributed by atoms with Crippen LogP contribution in [0.1, 0.15) is 20.3 Å². The second-order valence-corrected chi connectivity index (χ2v) is 3.76. The molecule has 0 saturated carbocycles. The summed E-state index contributed by atoms with van der Waals surface area (Å²) < 4.78 is 5.49. The first-order valence-electron chi connectivity index (χ1n) is 5.30. The van der Waals surface area contributed by atoms with Gasteiger partial charge in [-0.2, -0.15) is 0 Å². The molecule has 0 heterocycles. The lowest BCUT2D eigenvalue weighted by atomic mass is 10.3. The third-order valence-electron chi connectivity index (χ3n) is 1.89. The number of rotatable bonds is 6. The monoisotopic (exact) mass is 223 g/mol. The average molecular weight is 223 g/mol. The van der Waals surface area contributed by atoms with Crippen molar-refractivity contribution in [2.24, 2.45) is 0 Å². The van der Waals surface area contributed by atoms with Crippen LogP contribution in [0, 0.1) is 0 Å². The van der Waals surface area contributed by atoms with Gasteiger partial charge < -0.3 is 15.2 Å². The molecule has 4 nitrogen and oxygen atoms in total. The van der Waals surface area contributed by atoms with E-state index in [2.05, 4.69) is 5.32 Å². The fraction of sp³-hybridized carbons (Fsp3) is 0.417. The zero-order chi connectivity index (χ0) is 12.0. The van der Waals surface area contributed by atoms with Gasteiger partial charge >= 0.3 is 5.97 Å². The summed E-state index contributed by atoms with van der Waals surface area (Å²) in [4.78, 5) is 10.3. The molecule has 16 heavy (non-hydrogen) atoms. The van der Waals surface area contributed by atoms with Crippen LogP contribution in [-0.4, -0.2) is 23.7 Å². The maximum Gasteiger partial charge on any atom is 0.305 e. The molecule has 0 atom stereocenters. The molecule has 0 spiro atoms. The number of carbonyl (C=O) groups is 1. The van der Waals surface area contributed by atoms with Gasteiger partial charge in [-0.3, -0.25) is 4.79 Å². The summed E-state index contributed by atoms with van der Waals surface area (Å²) in [5.74, 6) is 0.0195. The van der Waals surface area contributed by atoms with Gasteiger partial charge in [0, 0.05) is 12.2 Å². The zero-order valence-electron chi connectivity index (χ0n) is 9.56. The summed E-state index contributed by atoms with van der Waals surface area (Å²) in [6.45, 7) is 4.37. The van der Waals surface area contributed by atoms with Crippen LogP contribution in [0.3, 0.4) is 0 Å². The van der Waals surface area contributed by atoms with Gasteiger partial charge in [0.25, 0.3) is 0 Å². The summed E-state index contributed by atoms with van der Waals surface area (Å²) in [6, 6.07) is 7.48. The Morgan fingerprint density at radius 1 is 1.38 bits per heavy atom. The Morgan fingerprint density at radius 2 is 2.00 bits per heavy atom. The molecule has 0 unspecified atom stereocenters. The predicted molar refractivity (Wildman–Crippen MR) is 62.9 cm³/mol. The number of ether oxygens (including phenoxy) is 1. The fourth-order valence-corrected chi connectivity index (χ4v) is 1.24. The van der Waals surface area contributed by atoms with E-state index in [0.717, 1.165) is 11.4 Å². The minimum Gasteiger partial charge on any atom is -0.491 e. The van der Waals surface area contributed by atoms with Gasteiger partial charge in [-0.15, -0.1) is 0 Å². The van der Waals surface area contributed by atoms with E-state index >= 15 is 0 Å². The molecule has 0 aliphatic carbocycles. The molecule has 0 aliphatic rings. The number of carboxylic acid groups (broad SMARTS) is 1. The predicted octanol–water partition coefficient (Wildman–Crippen LogP) is 2.36. The number of hydrogen-bond acceptors (Lipinski definition) is 3. The van der Waals surface area contributed by atoms with Crippen LogP contribution in [0.5, 0.6) is 5.75 Å². The Labute approximate surface area is 95.2 Å². The number of aliphatic carboxylic acids is 1. The van der Waals surface area contributed by atoms with Gasteiger partial charge in [-0.25, -0.2) is 0 Å². The largest absolute Gasteiger partial charge is 0.491 e. The topological polar surface area (TPSA) is 58.6 Å². The lowest BCUT2D eigenvalue weighted by Crippen LogP contribution is -2.08. The lowest BCUT2D eigenvalue weighted by Gasteiger charge is -2.10. The Morgan fingerprint density at radius 3 is 2.50 bits per heavy atom. The van der Waals surface area contributed by atoms with Crippen molar-refractivity contribution in [1.29, 1.82) is 0 Å². The number of hydrogen-bond donors (Lipinski definition) is 2. The first-order valence-corrected chi connectivity index (χ1v) is 5.30. The van der Waals surface area contributed by atoms with E-state index < -0.39 is 5.97 Å². The first-order chi connectivity index (χ1) is 7.58. The maximum atomic E-state index is 10.3. The van der Waals surface area contributed by atoms with E-state index in [1.807, 2.05) is 38.1 Å². The molecule has 0 saturated heterocycles. The van der Waals surface area contributed by atoms with Gasteiger partial charge in [-0.05, 0) is 38.1 Å². The average Bonchev–Trinajstić information content (AvgIpc) is 2.19. The third-order valence-corrected chi connectivity index (χ3v) is 1.89. The number of nitrogens with one attached hydrogen (secondary N) is 1. The highest BCUT2D eigenvalue weighted by atomic mass is 16.5. The van der Waals surface area contributed by atoms with Crippen LogP contribution in [-0.2, 0) is 4.79 Å². The van der Waals surface area contributed by atoms with E-state index in [0.29, 0.717) is 6.54 Å². The van der Waals surface area contributed by atoms with Crippen LogP contribution >= 0.6 is 0 Å². The smallest absolute Gasteiger partial charge is 0.305 e. The van der Waals surface area contributed by atoms with E-state index in [4.69, 9.17) is 9.84 Å². The summed E-state index contributed by atoms with van der Waals surface area (Å²) in [5.41, 5.74) is 0.900. The SMILES string of the molecule is CC(C)Oc1ccc(NCCC(=O)O)cc1. The van der Waals surface area contributed by atoms with E-state index in [-0.39, 0.29) is 12.5 Å². The van der Waals surface area contributed by atoms with E-state index in [1.54, 1.807) is 0 Å². The standard InChI is InChI=1S/C12H17NO3/c1-9(2)16-11-5-3-10(4-6-11)13-8-7-12(14)15/h3-6,9,13H,7-8H2,1-2H3,(H,14,15). The molecule has 2 N–H and O–H groups in total. The van der Waals surface area contributed by atoms with Crippen LogP contribution in [0.2, 0.25) is 0 Å². The minimum atomic E-state index is -0.799. The van der Waals surface area contributed by atoms with Crippen LogP contribution in [0.15, 0.2) is 24.3 Å². The van der Waals surface area contributed by atoms with Crippen LogP contribution < -0.4 is 10.1 Å². The van der Waals surface area contributed by atoms with Gasteiger partial charge in [0.1, 0.15) is 5.75 Å². The minimum absolute atomic E-state index is 0.115. The molecule has 0 aliphatic heterocycles. The van der Waals surface area contributed by atoms with Crippen molar-refractivity contribution in [2.75, 3.05) is 11.9 Å². The van der Waals surface area contributed by atoms with E-state index in [9.17, 15) is 4.79 Å². The molecule has 1 rings (SSSR count). The quantitative estimate of drug-likeness (QED) is 0.777. The fourth-order valence-electron chi connectivity index (χ4n) is 1.24.